The number of halogens is 4. The molecule has 134 valence electrons. The monoisotopic (exact) mass is 440 g/mol. The second kappa shape index (κ2) is 8.12. The highest BCUT2D eigenvalue weighted by molar-refractivity contribution is 7.89. The Balaban J connectivity index is 2.16. The average Bonchev–Trinajstić information content (AvgIpc) is 2.48. The summed E-state index contributed by atoms with van der Waals surface area (Å²) in [5, 5.41) is 3.40. The van der Waals surface area contributed by atoms with E-state index in [-0.39, 0.29) is 14.9 Å². The van der Waals surface area contributed by atoms with Crippen molar-refractivity contribution in [2.75, 3.05) is 5.32 Å². The van der Waals surface area contributed by atoms with Gasteiger partial charge in [-0.15, -0.1) is 0 Å². The molecule has 25 heavy (non-hydrogen) atoms. The standard InChI is InChI=1S/C15H12Cl4N2O3S/c1-8(15(22)20-12-5-10(17)4-11(18)6-12)21-25(23,24)14-7-9(16)2-3-13(14)19/h2-8,21H,1H3,(H,20,22)/t8-/m0/s1. The number of nitrogens with one attached hydrogen (secondary N) is 2. The number of benzene rings is 2. The molecule has 0 aliphatic carbocycles. The smallest absolute Gasteiger partial charge is 0.242 e. The Bertz CT molecular complexity index is 899. The molecule has 10 heteroatoms. The van der Waals surface area contributed by atoms with Crippen LogP contribution in [0.3, 0.4) is 0 Å². The number of rotatable bonds is 5. The fraction of sp³-hybridized carbons (Fsp3) is 0.133. The number of carbonyl (C=O) groups is 1. The van der Waals surface area contributed by atoms with E-state index < -0.39 is 22.0 Å². The zero-order chi connectivity index (χ0) is 18.8. The van der Waals surface area contributed by atoms with Gasteiger partial charge in [-0.05, 0) is 43.3 Å². The van der Waals surface area contributed by atoms with Crippen LogP contribution in [0.25, 0.3) is 0 Å². The molecule has 0 aliphatic rings. The van der Waals surface area contributed by atoms with E-state index in [0.29, 0.717) is 15.7 Å². The van der Waals surface area contributed by atoms with Gasteiger partial charge < -0.3 is 5.32 Å². The van der Waals surface area contributed by atoms with E-state index in [1.165, 1.54) is 43.3 Å². The first kappa shape index (κ1) is 20.3. The predicted molar refractivity (Wildman–Crippen MR) is 101 cm³/mol. The Morgan fingerprint density at radius 1 is 0.960 bits per heavy atom. The molecule has 0 saturated carbocycles. The van der Waals surface area contributed by atoms with Crippen LogP contribution in [0.1, 0.15) is 6.92 Å². The van der Waals surface area contributed by atoms with Gasteiger partial charge in [0, 0.05) is 20.8 Å². The molecule has 0 fully saturated rings. The van der Waals surface area contributed by atoms with Gasteiger partial charge in [0.15, 0.2) is 0 Å². The Kier molecular flexibility index (Phi) is 6.59. The first-order valence-corrected chi connectivity index (χ1v) is 9.82. The summed E-state index contributed by atoms with van der Waals surface area (Å²) in [5.41, 5.74) is 0.342. The highest BCUT2D eigenvalue weighted by atomic mass is 35.5. The number of carbonyl (C=O) groups excluding carboxylic acids is 1. The van der Waals surface area contributed by atoms with Crippen LogP contribution in [-0.2, 0) is 14.8 Å². The highest BCUT2D eigenvalue weighted by Gasteiger charge is 2.24. The first-order chi connectivity index (χ1) is 11.6. The van der Waals surface area contributed by atoms with Crippen LogP contribution in [0.2, 0.25) is 20.1 Å². The van der Waals surface area contributed by atoms with Gasteiger partial charge in [0.05, 0.1) is 11.1 Å². The van der Waals surface area contributed by atoms with Gasteiger partial charge in [-0.2, -0.15) is 4.72 Å². The fourth-order valence-electron chi connectivity index (χ4n) is 1.91. The zero-order valence-electron chi connectivity index (χ0n) is 12.7. The summed E-state index contributed by atoms with van der Waals surface area (Å²) in [5.74, 6) is -0.597. The SMILES string of the molecule is C[C@H](NS(=O)(=O)c1cc(Cl)ccc1Cl)C(=O)Nc1cc(Cl)cc(Cl)c1. The third-order valence-electron chi connectivity index (χ3n) is 3.04. The van der Waals surface area contributed by atoms with Crippen molar-refractivity contribution in [3.05, 3.63) is 56.5 Å². The number of hydrogen-bond acceptors (Lipinski definition) is 3. The van der Waals surface area contributed by atoms with Crippen LogP contribution >= 0.6 is 46.4 Å². The molecule has 0 saturated heterocycles. The van der Waals surface area contributed by atoms with Crippen LogP contribution < -0.4 is 10.0 Å². The van der Waals surface area contributed by atoms with Gasteiger partial charge in [0.1, 0.15) is 4.90 Å². The van der Waals surface area contributed by atoms with E-state index in [2.05, 4.69) is 10.0 Å². The lowest BCUT2D eigenvalue weighted by Gasteiger charge is -2.15. The third-order valence-corrected chi connectivity index (χ3v) is 5.73. The summed E-state index contributed by atoms with van der Waals surface area (Å²) in [6.07, 6.45) is 0. The van der Waals surface area contributed by atoms with Crippen LogP contribution in [-0.4, -0.2) is 20.4 Å². The van der Waals surface area contributed by atoms with Crippen LogP contribution in [0, 0.1) is 0 Å². The van der Waals surface area contributed by atoms with Crippen molar-refractivity contribution in [3.8, 4) is 0 Å². The summed E-state index contributed by atoms with van der Waals surface area (Å²) in [6.45, 7) is 1.39. The molecule has 0 unspecified atom stereocenters. The first-order valence-electron chi connectivity index (χ1n) is 6.83. The lowest BCUT2D eigenvalue weighted by atomic mass is 10.3. The second-order valence-electron chi connectivity index (χ2n) is 5.07. The van der Waals surface area contributed by atoms with Crippen molar-refractivity contribution >= 4 is 68.0 Å². The molecule has 1 atom stereocenters. The van der Waals surface area contributed by atoms with Crippen molar-refractivity contribution < 1.29 is 13.2 Å². The van der Waals surface area contributed by atoms with Crippen LogP contribution in [0.15, 0.2) is 41.3 Å². The maximum atomic E-state index is 12.4. The molecule has 0 aliphatic heterocycles. The highest BCUT2D eigenvalue weighted by Crippen LogP contribution is 2.25. The Morgan fingerprint density at radius 3 is 2.16 bits per heavy atom. The largest absolute Gasteiger partial charge is 0.325 e. The third kappa shape index (κ3) is 5.48. The molecular formula is C15H12Cl4N2O3S. The van der Waals surface area contributed by atoms with Crippen molar-refractivity contribution in [1.82, 2.24) is 4.72 Å². The summed E-state index contributed by atoms with van der Waals surface area (Å²) in [4.78, 5) is 12.0. The van der Waals surface area contributed by atoms with E-state index in [1.54, 1.807) is 0 Å². The average molecular weight is 442 g/mol. The van der Waals surface area contributed by atoms with Crippen LogP contribution in [0.4, 0.5) is 5.69 Å². The lowest BCUT2D eigenvalue weighted by molar-refractivity contribution is -0.117. The van der Waals surface area contributed by atoms with Gasteiger partial charge >= 0.3 is 0 Å². The quantitative estimate of drug-likeness (QED) is 0.711. The second-order valence-corrected chi connectivity index (χ2v) is 8.46. The van der Waals surface area contributed by atoms with E-state index in [1.807, 2.05) is 0 Å². The summed E-state index contributed by atoms with van der Waals surface area (Å²) < 4.78 is 27.0. The number of anilines is 1. The number of sulfonamides is 1. The van der Waals surface area contributed by atoms with Crippen molar-refractivity contribution in [3.63, 3.8) is 0 Å². The molecule has 1 amide bonds. The van der Waals surface area contributed by atoms with Crippen molar-refractivity contribution in [1.29, 1.82) is 0 Å². The lowest BCUT2D eigenvalue weighted by Crippen LogP contribution is -2.41. The molecule has 5 nitrogen and oxygen atoms in total. The Morgan fingerprint density at radius 2 is 1.56 bits per heavy atom. The van der Waals surface area contributed by atoms with E-state index >= 15 is 0 Å². The molecule has 0 bridgehead atoms. The molecule has 0 aromatic heterocycles. The molecule has 2 rings (SSSR count). The van der Waals surface area contributed by atoms with E-state index in [4.69, 9.17) is 46.4 Å². The van der Waals surface area contributed by atoms with Crippen LogP contribution in [0.5, 0.6) is 0 Å². The Labute approximate surface area is 165 Å². The molecule has 0 radical (unpaired) electrons. The fourth-order valence-corrected chi connectivity index (χ4v) is 4.40. The van der Waals surface area contributed by atoms with Gasteiger partial charge in [0.25, 0.3) is 0 Å². The Hall–Kier alpha value is -1.02. The number of hydrogen-bond donors (Lipinski definition) is 2. The van der Waals surface area contributed by atoms with Gasteiger partial charge in [-0.3, -0.25) is 4.79 Å². The molecule has 0 spiro atoms. The molecule has 2 aromatic rings. The van der Waals surface area contributed by atoms with Gasteiger partial charge in [0.2, 0.25) is 15.9 Å². The zero-order valence-corrected chi connectivity index (χ0v) is 16.5. The minimum absolute atomic E-state index is 0.00821. The maximum absolute atomic E-state index is 12.4. The summed E-state index contributed by atoms with van der Waals surface area (Å²) in [6, 6.07) is 7.41. The van der Waals surface area contributed by atoms with Gasteiger partial charge in [-0.25, -0.2) is 8.42 Å². The molecule has 2 N–H and O–H groups in total. The minimum Gasteiger partial charge on any atom is -0.325 e. The summed E-state index contributed by atoms with van der Waals surface area (Å²) >= 11 is 23.4. The predicted octanol–water partition coefficient (Wildman–Crippen LogP) is 4.61. The van der Waals surface area contributed by atoms with Gasteiger partial charge in [-0.1, -0.05) is 46.4 Å². The van der Waals surface area contributed by atoms with Crippen molar-refractivity contribution in [2.24, 2.45) is 0 Å². The van der Waals surface area contributed by atoms with E-state index in [9.17, 15) is 13.2 Å². The topological polar surface area (TPSA) is 75.3 Å². The maximum Gasteiger partial charge on any atom is 0.242 e. The molecular weight excluding hydrogens is 430 g/mol. The molecule has 2 aromatic carbocycles. The number of amides is 1. The normalized spacial score (nSPS) is 12.7. The molecule has 0 heterocycles. The minimum atomic E-state index is -4.05. The van der Waals surface area contributed by atoms with E-state index in [0.717, 1.165) is 0 Å². The summed E-state index contributed by atoms with van der Waals surface area (Å²) in [7, 11) is -4.05. The van der Waals surface area contributed by atoms with Crippen molar-refractivity contribution in [2.45, 2.75) is 17.9 Å².